The summed E-state index contributed by atoms with van der Waals surface area (Å²) in [4.78, 5) is 10.1. The molecule has 84 valence electrons. The summed E-state index contributed by atoms with van der Waals surface area (Å²) >= 11 is 0. The van der Waals surface area contributed by atoms with Gasteiger partial charge in [0.2, 0.25) is 0 Å². The third kappa shape index (κ3) is 5.32. The van der Waals surface area contributed by atoms with Gasteiger partial charge in [-0.05, 0) is 12.3 Å². The van der Waals surface area contributed by atoms with E-state index in [1.165, 1.54) is 0 Å². The summed E-state index contributed by atoms with van der Waals surface area (Å²) in [5.74, 6) is 0.551. The van der Waals surface area contributed by atoms with Crippen LogP contribution in [0.4, 0.5) is 0 Å². The molecule has 0 bridgehead atoms. The Labute approximate surface area is 84.6 Å². The molecule has 0 saturated carbocycles. The molecular formula is C10H20O4. The highest BCUT2D eigenvalue weighted by Crippen LogP contribution is 2.11. The van der Waals surface area contributed by atoms with Crippen molar-refractivity contribution in [1.29, 1.82) is 0 Å². The largest absolute Gasteiger partial charge is 0.390 e. The second-order valence-corrected chi connectivity index (χ2v) is 4.01. The van der Waals surface area contributed by atoms with E-state index in [0.717, 1.165) is 12.8 Å². The number of aliphatic hydroxyl groups excluding tert-OH is 3. The molecule has 0 amide bonds. The summed E-state index contributed by atoms with van der Waals surface area (Å²) in [5, 5.41) is 27.5. The van der Waals surface area contributed by atoms with E-state index >= 15 is 0 Å². The van der Waals surface area contributed by atoms with Crippen LogP contribution in [0.5, 0.6) is 0 Å². The molecule has 4 nitrogen and oxygen atoms in total. The smallest absolute Gasteiger partial charge is 0.151 e. The molecule has 0 heterocycles. The number of hydrogen-bond acceptors (Lipinski definition) is 4. The van der Waals surface area contributed by atoms with Gasteiger partial charge in [-0.1, -0.05) is 26.7 Å². The SMILES string of the molecule is CC(C)CCC[C@@H](O)[C@@H](O)[C@@H](O)C=O. The van der Waals surface area contributed by atoms with E-state index in [4.69, 9.17) is 5.11 Å². The summed E-state index contributed by atoms with van der Waals surface area (Å²) < 4.78 is 0. The summed E-state index contributed by atoms with van der Waals surface area (Å²) in [6.07, 6.45) is -1.49. The van der Waals surface area contributed by atoms with Crippen molar-refractivity contribution in [2.24, 2.45) is 5.92 Å². The number of aldehydes is 1. The Hall–Kier alpha value is -0.450. The van der Waals surface area contributed by atoms with Crippen molar-refractivity contribution in [1.82, 2.24) is 0 Å². The molecule has 0 aromatic heterocycles. The normalized spacial score (nSPS) is 17.9. The van der Waals surface area contributed by atoms with Gasteiger partial charge >= 0.3 is 0 Å². The second-order valence-electron chi connectivity index (χ2n) is 4.01. The molecule has 0 unspecified atom stereocenters. The van der Waals surface area contributed by atoms with Crippen LogP contribution in [0, 0.1) is 5.92 Å². The fraction of sp³-hybridized carbons (Fsp3) is 0.900. The maximum absolute atomic E-state index is 10.1. The Morgan fingerprint density at radius 1 is 1.14 bits per heavy atom. The summed E-state index contributed by atoms with van der Waals surface area (Å²) in [6.45, 7) is 4.14. The highest BCUT2D eigenvalue weighted by molar-refractivity contribution is 5.56. The zero-order valence-corrected chi connectivity index (χ0v) is 8.76. The van der Waals surface area contributed by atoms with Gasteiger partial charge in [0.25, 0.3) is 0 Å². The molecule has 0 aliphatic heterocycles. The van der Waals surface area contributed by atoms with Crippen LogP contribution in [0.2, 0.25) is 0 Å². The second kappa shape index (κ2) is 6.92. The van der Waals surface area contributed by atoms with Gasteiger partial charge in [-0.3, -0.25) is 0 Å². The molecule has 0 fully saturated rings. The molecular weight excluding hydrogens is 184 g/mol. The average Bonchev–Trinajstić information content (AvgIpc) is 2.14. The molecule has 0 spiro atoms. The first-order valence-corrected chi connectivity index (χ1v) is 4.98. The maximum Gasteiger partial charge on any atom is 0.151 e. The Bertz CT molecular complexity index is 158. The Morgan fingerprint density at radius 3 is 2.14 bits per heavy atom. The first-order chi connectivity index (χ1) is 6.49. The number of hydrogen-bond donors (Lipinski definition) is 3. The monoisotopic (exact) mass is 204 g/mol. The van der Waals surface area contributed by atoms with E-state index < -0.39 is 18.3 Å². The van der Waals surface area contributed by atoms with Crippen molar-refractivity contribution >= 4 is 6.29 Å². The Kier molecular flexibility index (Phi) is 6.70. The molecule has 0 aromatic carbocycles. The molecule has 0 radical (unpaired) electrons. The van der Waals surface area contributed by atoms with Gasteiger partial charge in [0.15, 0.2) is 6.29 Å². The minimum Gasteiger partial charge on any atom is -0.390 e. The van der Waals surface area contributed by atoms with Crippen LogP contribution in [0.3, 0.4) is 0 Å². The van der Waals surface area contributed by atoms with E-state index in [0.29, 0.717) is 12.3 Å². The predicted molar refractivity (Wildman–Crippen MR) is 52.8 cm³/mol. The molecule has 3 N–H and O–H groups in total. The van der Waals surface area contributed by atoms with Crippen LogP contribution in [0.15, 0.2) is 0 Å². The van der Waals surface area contributed by atoms with Crippen LogP contribution < -0.4 is 0 Å². The number of carbonyl (C=O) groups excluding carboxylic acids is 1. The molecule has 14 heavy (non-hydrogen) atoms. The fourth-order valence-electron chi connectivity index (χ4n) is 1.21. The van der Waals surface area contributed by atoms with E-state index in [9.17, 15) is 15.0 Å². The quantitative estimate of drug-likeness (QED) is 0.514. The topological polar surface area (TPSA) is 77.8 Å². The lowest BCUT2D eigenvalue weighted by atomic mass is 10.00. The zero-order valence-electron chi connectivity index (χ0n) is 8.76. The lowest BCUT2D eigenvalue weighted by Crippen LogP contribution is -2.38. The van der Waals surface area contributed by atoms with Crippen molar-refractivity contribution in [2.45, 2.75) is 51.4 Å². The Morgan fingerprint density at radius 2 is 1.71 bits per heavy atom. The van der Waals surface area contributed by atoms with Crippen molar-refractivity contribution in [2.75, 3.05) is 0 Å². The first-order valence-electron chi connectivity index (χ1n) is 4.98. The van der Waals surface area contributed by atoms with E-state index in [1.54, 1.807) is 0 Å². The van der Waals surface area contributed by atoms with E-state index in [2.05, 4.69) is 13.8 Å². The molecule has 0 saturated heterocycles. The average molecular weight is 204 g/mol. The van der Waals surface area contributed by atoms with Crippen LogP contribution in [-0.4, -0.2) is 39.9 Å². The van der Waals surface area contributed by atoms with Crippen molar-refractivity contribution < 1.29 is 20.1 Å². The van der Waals surface area contributed by atoms with Gasteiger partial charge in [-0.25, -0.2) is 0 Å². The molecule has 0 aromatic rings. The molecule has 0 aliphatic carbocycles. The number of aliphatic hydroxyl groups is 3. The molecule has 0 aliphatic rings. The van der Waals surface area contributed by atoms with Crippen LogP contribution in [-0.2, 0) is 4.79 Å². The van der Waals surface area contributed by atoms with Crippen molar-refractivity contribution in [3.8, 4) is 0 Å². The minimum atomic E-state index is -1.48. The lowest BCUT2D eigenvalue weighted by molar-refractivity contribution is -0.126. The summed E-state index contributed by atoms with van der Waals surface area (Å²) in [6, 6.07) is 0. The third-order valence-electron chi connectivity index (χ3n) is 2.16. The highest BCUT2D eigenvalue weighted by atomic mass is 16.4. The lowest BCUT2D eigenvalue weighted by Gasteiger charge is -2.19. The molecule has 3 atom stereocenters. The number of carbonyl (C=O) groups is 1. The van der Waals surface area contributed by atoms with Gasteiger partial charge < -0.3 is 20.1 Å². The maximum atomic E-state index is 10.1. The van der Waals surface area contributed by atoms with Gasteiger partial charge in [-0.15, -0.1) is 0 Å². The predicted octanol–water partition coefficient (Wildman–Crippen LogP) is 0.0943. The van der Waals surface area contributed by atoms with Crippen LogP contribution >= 0.6 is 0 Å². The van der Waals surface area contributed by atoms with Crippen LogP contribution in [0.25, 0.3) is 0 Å². The van der Waals surface area contributed by atoms with E-state index in [-0.39, 0.29) is 6.29 Å². The first kappa shape index (κ1) is 13.5. The van der Waals surface area contributed by atoms with Gasteiger partial charge in [0.05, 0.1) is 6.10 Å². The van der Waals surface area contributed by atoms with Crippen LogP contribution in [0.1, 0.15) is 33.1 Å². The zero-order chi connectivity index (χ0) is 11.1. The van der Waals surface area contributed by atoms with Crippen molar-refractivity contribution in [3.05, 3.63) is 0 Å². The van der Waals surface area contributed by atoms with Crippen molar-refractivity contribution in [3.63, 3.8) is 0 Å². The Balaban J connectivity index is 3.72. The minimum absolute atomic E-state index is 0.232. The van der Waals surface area contributed by atoms with Gasteiger partial charge in [-0.2, -0.15) is 0 Å². The summed E-state index contributed by atoms with van der Waals surface area (Å²) in [5.41, 5.74) is 0. The molecule has 4 heteroatoms. The van der Waals surface area contributed by atoms with Gasteiger partial charge in [0, 0.05) is 0 Å². The van der Waals surface area contributed by atoms with E-state index in [1.807, 2.05) is 0 Å². The third-order valence-corrected chi connectivity index (χ3v) is 2.16. The number of rotatable bonds is 7. The van der Waals surface area contributed by atoms with Gasteiger partial charge in [0.1, 0.15) is 12.2 Å². The molecule has 0 rings (SSSR count). The highest BCUT2D eigenvalue weighted by Gasteiger charge is 2.23. The standard InChI is InChI=1S/C10H20O4/c1-7(2)4-3-5-8(12)10(14)9(13)6-11/h6-10,12-14H,3-5H2,1-2H3/t8-,9+,10-/m1/s1. The summed E-state index contributed by atoms with van der Waals surface area (Å²) in [7, 11) is 0. The fourth-order valence-corrected chi connectivity index (χ4v) is 1.21.